The van der Waals surface area contributed by atoms with Gasteiger partial charge in [0.05, 0.1) is 5.56 Å². The molecule has 2 rings (SSSR count). The topological polar surface area (TPSA) is 81.7 Å². The molecule has 21 heavy (non-hydrogen) atoms. The van der Waals surface area contributed by atoms with E-state index in [0.717, 1.165) is 25.2 Å². The third-order valence-electron chi connectivity index (χ3n) is 3.64. The summed E-state index contributed by atoms with van der Waals surface area (Å²) in [4.78, 5) is 25.1. The average Bonchev–Trinajstić information content (AvgIpc) is 2.94. The van der Waals surface area contributed by atoms with Gasteiger partial charge in [0.1, 0.15) is 0 Å². The zero-order valence-electron chi connectivity index (χ0n) is 12.2. The summed E-state index contributed by atoms with van der Waals surface area (Å²) in [5.74, 6) is -1.01. The van der Waals surface area contributed by atoms with Crippen LogP contribution in [0.1, 0.15) is 28.8 Å². The molecule has 6 heteroatoms. The van der Waals surface area contributed by atoms with Crippen LogP contribution in [-0.4, -0.2) is 48.2 Å². The van der Waals surface area contributed by atoms with E-state index in [1.54, 1.807) is 6.07 Å². The van der Waals surface area contributed by atoms with Gasteiger partial charge >= 0.3 is 12.0 Å². The smallest absolute Gasteiger partial charge is 0.335 e. The van der Waals surface area contributed by atoms with Crippen LogP contribution >= 0.6 is 0 Å². The minimum absolute atomic E-state index is 0.160. The fourth-order valence-corrected chi connectivity index (χ4v) is 2.39. The average molecular weight is 291 g/mol. The maximum absolute atomic E-state index is 11.8. The predicted octanol–water partition coefficient (Wildman–Crippen LogP) is 1.91. The minimum Gasteiger partial charge on any atom is -0.478 e. The summed E-state index contributed by atoms with van der Waals surface area (Å²) >= 11 is 0. The van der Waals surface area contributed by atoms with Gasteiger partial charge in [0.15, 0.2) is 0 Å². The first-order valence-electron chi connectivity index (χ1n) is 7.17. The van der Waals surface area contributed by atoms with E-state index in [9.17, 15) is 9.59 Å². The van der Waals surface area contributed by atoms with Gasteiger partial charge in [0.2, 0.25) is 0 Å². The van der Waals surface area contributed by atoms with Gasteiger partial charge < -0.3 is 20.6 Å². The number of nitrogens with zero attached hydrogens (tertiary/aromatic N) is 1. The molecule has 0 unspecified atom stereocenters. The first kappa shape index (κ1) is 15.3. The fraction of sp³-hybridized carbons (Fsp3) is 0.467. The third kappa shape index (κ3) is 4.46. The second kappa shape index (κ2) is 7.08. The summed E-state index contributed by atoms with van der Waals surface area (Å²) in [5.41, 5.74) is 1.51. The summed E-state index contributed by atoms with van der Waals surface area (Å²) in [7, 11) is 0. The molecule has 6 nitrogen and oxygen atoms in total. The fourth-order valence-electron chi connectivity index (χ4n) is 2.39. The minimum atomic E-state index is -1.01. The van der Waals surface area contributed by atoms with Gasteiger partial charge in [-0.25, -0.2) is 9.59 Å². The van der Waals surface area contributed by atoms with E-state index < -0.39 is 5.97 Å². The molecule has 1 aromatic carbocycles. The van der Waals surface area contributed by atoms with Crippen molar-refractivity contribution in [3.05, 3.63) is 29.3 Å². The Kier molecular flexibility index (Phi) is 5.16. The number of aromatic carboxylic acids is 1. The zero-order chi connectivity index (χ0) is 15.2. The van der Waals surface area contributed by atoms with E-state index in [4.69, 9.17) is 5.11 Å². The van der Waals surface area contributed by atoms with Crippen LogP contribution in [0.3, 0.4) is 0 Å². The number of carbonyl (C=O) groups excluding carboxylic acids is 1. The molecule has 1 aliphatic rings. The monoisotopic (exact) mass is 291 g/mol. The second-order valence-electron chi connectivity index (χ2n) is 5.26. The molecule has 1 aromatic rings. The number of carbonyl (C=O) groups is 2. The summed E-state index contributed by atoms with van der Waals surface area (Å²) in [6.45, 7) is 5.46. The second-order valence-corrected chi connectivity index (χ2v) is 5.26. The van der Waals surface area contributed by atoms with Crippen LogP contribution in [0, 0.1) is 6.92 Å². The first-order chi connectivity index (χ1) is 10.1. The van der Waals surface area contributed by atoms with Crippen LogP contribution in [0.15, 0.2) is 18.2 Å². The van der Waals surface area contributed by atoms with E-state index in [1.165, 1.54) is 25.0 Å². The van der Waals surface area contributed by atoms with E-state index in [-0.39, 0.29) is 11.6 Å². The van der Waals surface area contributed by atoms with E-state index in [2.05, 4.69) is 15.5 Å². The van der Waals surface area contributed by atoms with Gasteiger partial charge in [-0.2, -0.15) is 0 Å². The van der Waals surface area contributed by atoms with Gasteiger partial charge in [-0.05, 0) is 50.6 Å². The quantitative estimate of drug-likeness (QED) is 0.774. The molecule has 0 bridgehead atoms. The van der Waals surface area contributed by atoms with Crippen molar-refractivity contribution in [2.24, 2.45) is 0 Å². The Hall–Kier alpha value is -2.08. The lowest BCUT2D eigenvalue weighted by Gasteiger charge is -2.15. The lowest BCUT2D eigenvalue weighted by molar-refractivity contribution is 0.0697. The molecule has 114 valence electrons. The molecule has 0 spiro atoms. The number of carboxylic acids is 1. The van der Waals surface area contributed by atoms with Gasteiger partial charge in [0, 0.05) is 18.8 Å². The summed E-state index contributed by atoms with van der Waals surface area (Å²) in [6, 6.07) is 4.37. The highest BCUT2D eigenvalue weighted by Crippen LogP contribution is 2.16. The Labute approximate surface area is 124 Å². The molecule has 0 radical (unpaired) electrons. The van der Waals surface area contributed by atoms with Crippen molar-refractivity contribution in [3.8, 4) is 0 Å². The molecule has 1 aliphatic heterocycles. The van der Waals surface area contributed by atoms with Crippen LogP contribution in [0.5, 0.6) is 0 Å². The predicted molar refractivity (Wildman–Crippen MR) is 80.8 cm³/mol. The van der Waals surface area contributed by atoms with Crippen LogP contribution in [0.2, 0.25) is 0 Å². The highest BCUT2D eigenvalue weighted by Gasteiger charge is 2.12. The Morgan fingerprint density at radius 3 is 2.67 bits per heavy atom. The Balaban J connectivity index is 1.84. The van der Waals surface area contributed by atoms with Crippen LogP contribution in [0.25, 0.3) is 0 Å². The molecule has 1 fully saturated rings. The third-order valence-corrected chi connectivity index (χ3v) is 3.64. The highest BCUT2D eigenvalue weighted by atomic mass is 16.4. The van der Waals surface area contributed by atoms with Gasteiger partial charge in [0.25, 0.3) is 0 Å². The molecule has 0 aliphatic carbocycles. The standard InChI is InChI=1S/C15H21N3O3/c1-11-4-5-12(14(19)20)10-13(11)17-15(21)16-6-9-18-7-2-3-8-18/h4-5,10H,2-3,6-9H2,1H3,(H,19,20)(H2,16,17,21). The normalized spacial score (nSPS) is 14.9. The Bertz CT molecular complexity index is 525. The lowest BCUT2D eigenvalue weighted by atomic mass is 10.1. The van der Waals surface area contributed by atoms with Crippen LogP contribution in [0.4, 0.5) is 10.5 Å². The Morgan fingerprint density at radius 1 is 1.29 bits per heavy atom. The van der Waals surface area contributed by atoms with Gasteiger partial charge in [-0.15, -0.1) is 0 Å². The van der Waals surface area contributed by atoms with Crippen LogP contribution < -0.4 is 10.6 Å². The van der Waals surface area contributed by atoms with E-state index in [1.807, 2.05) is 6.92 Å². The summed E-state index contributed by atoms with van der Waals surface area (Å²) < 4.78 is 0. The van der Waals surface area contributed by atoms with Crippen molar-refractivity contribution in [2.45, 2.75) is 19.8 Å². The number of hydrogen-bond donors (Lipinski definition) is 3. The highest BCUT2D eigenvalue weighted by molar-refractivity contribution is 5.93. The number of amides is 2. The van der Waals surface area contributed by atoms with E-state index in [0.29, 0.717) is 12.2 Å². The number of likely N-dealkylation sites (tertiary alicyclic amines) is 1. The van der Waals surface area contributed by atoms with Crippen molar-refractivity contribution in [1.29, 1.82) is 0 Å². The summed E-state index contributed by atoms with van der Waals surface area (Å²) in [6.07, 6.45) is 2.46. The molecule has 0 atom stereocenters. The molecule has 1 saturated heterocycles. The maximum atomic E-state index is 11.8. The number of benzene rings is 1. The Morgan fingerprint density at radius 2 is 2.00 bits per heavy atom. The number of carboxylic acid groups (broad SMARTS) is 1. The molecular weight excluding hydrogens is 270 g/mol. The van der Waals surface area contributed by atoms with Crippen LogP contribution in [-0.2, 0) is 0 Å². The molecule has 0 aromatic heterocycles. The molecule has 2 amide bonds. The summed E-state index contributed by atoms with van der Waals surface area (Å²) in [5, 5.41) is 14.5. The first-order valence-corrected chi connectivity index (χ1v) is 7.17. The molecular formula is C15H21N3O3. The van der Waals surface area contributed by atoms with Crippen molar-refractivity contribution < 1.29 is 14.7 Å². The van der Waals surface area contributed by atoms with Crippen molar-refractivity contribution in [1.82, 2.24) is 10.2 Å². The lowest BCUT2D eigenvalue weighted by Crippen LogP contribution is -2.36. The zero-order valence-corrected chi connectivity index (χ0v) is 12.2. The molecule has 0 saturated carbocycles. The number of nitrogens with one attached hydrogen (secondary N) is 2. The van der Waals surface area contributed by atoms with Gasteiger partial charge in [-0.1, -0.05) is 6.07 Å². The number of rotatable bonds is 5. The molecule has 1 heterocycles. The van der Waals surface area contributed by atoms with Crippen molar-refractivity contribution in [2.75, 3.05) is 31.5 Å². The number of anilines is 1. The maximum Gasteiger partial charge on any atom is 0.335 e. The van der Waals surface area contributed by atoms with Crippen molar-refractivity contribution in [3.63, 3.8) is 0 Å². The number of hydrogen-bond acceptors (Lipinski definition) is 3. The SMILES string of the molecule is Cc1ccc(C(=O)O)cc1NC(=O)NCCN1CCCC1. The number of urea groups is 1. The molecule has 3 N–H and O–H groups in total. The van der Waals surface area contributed by atoms with E-state index >= 15 is 0 Å². The number of aryl methyl sites for hydroxylation is 1. The van der Waals surface area contributed by atoms with Crippen molar-refractivity contribution >= 4 is 17.7 Å². The largest absolute Gasteiger partial charge is 0.478 e. The van der Waals surface area contributed by atoms with Gasteiger partial charge in [-0.3, -0.25) is 0 Å².